The third-order valence-electron chi connectivity index (χ3n) is 5.55. The molecule has 0 aromatic carbocycles. The summed E-state index contributed by atoms with van der Waals surface area (Å²) in [4.78, 5) is 2.64. The zero-order valence-electron chi connectivity index (χ0n) is 14.1. The fourth-order valence-corrected chi connectivity index (χ4v) is 3.97. The first-order valence-corrected chi connectivity index (χ1v) is 8.41. The largest absolute Gasteiger partial charge is 0.379 e. The maximum absolute atomic E-state index is 5.57. The van der Waals surface area contributed by atoms with Crippen molar-refractivity contribution in [2.75, 3.05) is 33.4 Å². The Morgan fingerprint density at radius 3 is 2.60 bits per heavy atom. The van der Waals surface area contributed by atoms with Gasteiger partial charge in [0.05, 0.1) is 13.2 Å². The molecule has 1 N–H and O–H groups in total. The zero-order chi connectivity index (χ0) is 14.8. The molecule has 1 aliphatic heterocycles. The van der Waals surface area contributed by atoms with Gasteiger partial charge >= 0.3 is 0 Å². The molecule has 2 rings (SSSR count). The van der Waals surface area contributed by atoms with Crippen molar-refractivity contribution < 1.29 is 4.74 Å². The quantitative estimate of drug-likeness (QED) is 0.861. The summed E-state index contributed by atoms with van der Waals surface area (Å²) in [6.45, 7) is 13.7. The molecule has 0 aromatic rings. The van der Waals surface area contributed by atoms with Gasteiger partial charge in [-0.3, -0.25) is 4.90 Å². The number of morpholine rings is 1. The minimum atomic E-state index is 0.452. The predicted octanol–water partition coefficient (Wildman–Crippen LogP) is 2.76. The van der Waals surface area contributed by atoms with Crippen LogP contribution in [0.4, 0.5) is 0 Å². The third-order valence-corrected chi connectivity index (χ3v) is 5.55. The van der Waals surface area contributed by atoms with Crippen molar-refractivity contribution in [2.24, 2.45) is 17.3 Å². The van der Waals surface area contributed by atoms with Crippen molar-refractivity contribution in [3.05, 3.63) is 0 Å². The molecular formula is C17H34N2O. The van der Waals surface area contributed by atoms with Gasteiger partial charge in [0.15, 0.2) is 0 Å². The lowest BCUT2D eigenvalue weighted by atomic mass is 9.67. The maximum Gasteiger partial charge on any atom is 0.0619 e. The number of ether oxygens (including phenoxy) is 1. The molecule has 2 aliphatic rings. The van der Waals surface area contributed by atoms with Crippen LogP contribution in [0.3, 0.4) is 0 Å². The molecule has 1 saturated heterocycles. The lowest BCUT2D eigenvalue weighted by Gasteiger charge is -2.45. The Morgan fingerprint density at radius 2 is 2.00 bits per heavy atom. The molecule has 2 fully saturated rings. The molecular weight excluding hydrogens is 248 g/mol. The molecule has 3 heteroatoms. The molecule has 0 aromatic heterocycles. The van der Waals surface area contributed by atoms with E-state index in [0.717, 1.165) is 31.6 Å². The summed E-state index contributed by atoms with van der Waals surface area (Å²) < 4.78 is 5.57. The third kappa shape index (κ3) is 3.96. The van der Waals surface area contributed by atoms with E-state index in [4.69, 9.17) is 4.74 Å². The highest BCUT2D eigenvalue weighted by Gasteiger charge is 2.36. The van der Waals surface area contributed by atoms with Gasteiger partial charge in [0.2, 0.25) is 0 Å². The first-order chi connectivity index (χ1) is 9.41. The van der Waals surface area contributed by atoms with Crippen molar-refractivity contribution >= 4 is 0 Å². The number of hydrogen-bond acceptors (Lipinski definition) is 3. The highest BCUT2D eigenvalue weighted by Crippen LogP contribution is 2.40. The van der Waals surface area contributed by atoms with E-state index < -0.39 is 0 Å². The molecule has 118 valence electrons. The van der Waals surface area contributed by atoms with Gasteiger partial charge in [0.25, 0.3) is 0 Å². The summed E-state index contributed by atoms with van der Waals surface area (Å²) in [5.74, 6) is 1.66. The summed E-state index contributed by atoms with van der Waals surface area (Å²) in [5, 5.41) is 3.57. The van der Waals surface area contributed by atoms with Crippen LogP contribution < -0.4 is 5.32 Å². The van der Waals surface area contributed by atoms with Gasteiger partial charge in [-0.1, -0.05) is 20.8 Å². The fourth-order valence-electron chi connectivity index (χ4n) is 3.97. The first-order valence-electron chi connectivity index (χ1n) is 8.41. The van der Waals surface area contributed by atoms with Crippen LogP contribution in [0.25, 0.3) is 0 Å². The molecule has 0 radical (unpaired) electrons. The molecule has 1 aliphatic carbocycles. The molecule has 0 spiro atoms. The van der Waals surface area contributed by atoms with Gasteiger partial charge in [-0.05, 0) is 50.5 Å². The van der Waals surface area contributed by atoms with Crippen molar-refractivity contribution in [2.45, 2.75) is 59.0 Å². The zero-order valence-corrected chi connectivity index (χ0v) is 14.1. The van der Waals surface area contributed by atoms with E-state index in [9.17, 15) is 0 Å². The Balaban J connectivity index is 1.98. The van der Waals surface area contributed by atoms with Crippen LogP contribution in [0.2, 0.25) is 0 Å². The summed E-state index contributed by atoms with van der Waals surface area (Å²) in [6, 6.07) is 1.28. The lowest BCUT2D eigenvalue weighted by molar-refractivity contribution is -0.0178. The number of hydrogen-bond donors (Lipinski definition) is 1. The van der Waals surface area contributed by atoms with Crippen LogP contribution in [0.1, 0.15) is 47.0 Å². The van der Waals surface area contributed by atoms with Crippen LogP contribution >= 0.6 is 0 Å². The van der Waals surface area contributed by atoms with E-state index in [2.05, 4.69) is 45.0 Å². The van der Waals surface area contributed by atoms with Crippen molar-refractivity contribution in [1.29, 1.82) is 0 Å². The van der Waals surface area contributed by atoms with Crippen molar-refractivity contribution in [1.82, 2.24) is 10.2 Å². The summed E-state index contributed by atoms with van der Waals surface area (Å²) in [6.07, 6.45) is 4.09. The van der Waals surface area contributed by atoms with Gasteiger partial charge in [-0.15, -0.1) is 0 Å². The van der Waals surface area contributed by atoms with Crippen molar-refractivity contribution in [3.8, 4) is 0 Å². The first kappa shape index (κ1) is 16.3. The average Bonchev–Trinajstić information content (AvgIpc) is 2.40. The number of nitrogens with one attached hydrogen (secondary N) is 1. The molecule has 4 atom stereocenters. The average molecular weight is 282 g/mol. The van der Waals surface area contributed by atoms with Crippen LogP contribution in [-0.4, -0.2) is 50.3 Å². The van der Waals surface area contributed by atoms with Crippen molar-refractivity contribution in [3.63, 3.8) is 0 Å². The smallest absolute Gasteiger partial charge is 0.0619 e. The Bertz CT molecular complexity index is 300. The molecule has 20 heavy (non-hydrogen) atoms. The Hall–Kier alpha value is -0.120. The van der Waals surface area contributed by atoms with Crippen LogP contribution in [0.15, 0.2) is 0 Å². The van der Waals surface area contributed by atoms with Gasteiger partial charge in [0, 0.05) is 25.2 Å². The second kappa shape index (κ2) is 6.76. The highest BCUT2D eigenvalue weighted by atomic mass is 16.5. The molecule has 0 amide bonds. The summed E-state index contributed by atoms with van der Waals surface area (Å²) in [7, 11) is 2.14. The molecule has 3 nitrogen and oxygen atoms in total. The summed E-state index contributed by atoms with van der Waals surface area (Å²) >= 11 is 0. The van der Waals surface area contributed by atoms with Crippen LogP contribution in [-0.2, 0) is 4.74 Å². The SMILES string of the molecule is CNC1CCC(C(C)(C)C)CC1CN1CCOCC1C. The predicted molar refractivity (Wildman–Crippen MR) is 85.0 cm³/mol. The van der Waals surface area contributed by atoms with E-state index in [-0.39, 0.29) is 0 Å². The van der Waals surface area contributed by atoms with E-state index in [0.29, 0.717) is 17.5 Å². The monoisotopic (exact) mass is 282 g/mol. The minimum Gasteiger partial charge on any atom is -0.379 e. The second-order valence-electron chi connectivity index (χ2n) is 7.95. The van der Waals surface area contributed by atoms with Gasteiger partial charge in [-0.25, -0.2) is 0 Å². The maximum atomic E-state index is 5.57. The van der Waals surface area contributed by atoms with E-state index in [1.807, 2.05) is 0 Å². The molecule has 1 heterocycles. The van der Waals surface area contributed by atoms with Gasteiger partial charge < -0.3 is 10.1 Å². The normalized spacial score (nSPS) is 37.0. The Labute approximate surface area is 125 Å². The Kier molecular flexibility index (Phi) is 5.49. The topological polar surface area (TPSA) is 24.5 Å². The number of rotatable bonds is 3. The highest BCUT2D eigenvalue weighted by molar-refractivity contribution is 4.90. The summed E-state index contributed by atoms with van der Waals surface area (Å²) in [5.41, 5.74) is 0.452. The molecule has 0 bridgehead atoms. The van der Waals surface area contributed by atoms with Crippen LogP contribution in [0.5, 0.6) is 0 Å². The molecule has 4 unspecified atom stereocenters. The molecule has 1 saturated carbocycles. The Morgan fingerprint density at radius 1 is 1.25 bits per heavy atom. The number of nitrogens with zero attached hydrogens (tertiary/aromatic N) is 1. The van der Waals surface area contributed by atoms with E-state index >= 15 is 0 Å². The minimum absolute atomic E-state index is 0.452. The fraction of sp³-hybridized carbons (Fsp3) is 1.00. The van der Waals surface area contributed by atoms with Crippen LogP contribution in [0, 0.1) is 17.3 Å². The second-order valence-corrected chi connectivity index (χ2v) is 7.95. The van der Waals surface area contributed by atoms with E-state index in [1.165, 1.54) is 25.8 Å². The lowest BCUT2D eigenvalue weighted by Crippen LogP contribution is -2.51. The van der Waals surface area contributed by atoms with E-state index in [1.54, 1.807) is 0 Å². The standard InChI is InChI=1S/C17H34N2O/c1-13-12-20-9-8-19(13)11-14-10-15(17(2,3)4)6-7-16(14)18-5/h13-16,18H,6-12H2,1-5H3. The van der Waals surface area contributed by atoms with Gasteiger partial charge in [0.1, 0.15) is 0 Å². The van der Waals surface area contributed by atoms with Gasteiger partial charge in [-0.2, -0.15) is 0 Å².